The Labute approximate surface area is 239 Å². The molecule has 2 heterocycles. The van der Waals surface area contributed by atoms with Gasteiger partial charge in [0.1, 0.15) is 11.6 Å². The van der Waals surface area contributed by atoms with Crippen LogP contribution in [0.2, 0.25) is 0 Å². The van der Waals surface area contributed by atoms with Gasteiger partial charge in [0, 0.05) is 65.5 Å². The number of aliphatic imine (C=N–C) groups is 1. The summed E-state index contributed by atoms with van der Waals surface area (Å²) in [5.41, 5.74) is 7.29. The van der Waals surface area contributed by atoms with Crippen LogP contribution in [-0.2, 0) is 21.5 Å². The highest BCUT2D eigenvalue weighted by Gasteiger charge is 2.33. The van der Waals surface area contributed by atoms with Crippen molar-refractivity contribution in [1.29, 1.82) is 0 Å². The van der Waals surface area contributed by atoms with Gasteiger partial charge >= 0.3 is 0 Å². The maximum absolute atomic E-state index is 14.0. The van der Waals surface area contributed by atoms with E-state index in [2.05, 4.69) is 40.9 Å². The predicted molar refractivity (Wildman–Crippen MR) is 160 cm³/mol. The molecule has 1 amide bonds. The topological polar surface area (TPSA) is 72.7 Å². The van der Waals surface area contributed by atoms with Crippen molar-refractivity contribution < 1.29 is 18.7 Å². The fraction of sp³-hybridized carbons (Fsp3) is 0.324. The molecule has 4 aromatic rings. The second-order valence-electron chi connectivity index (χ2n) is 11.8. The number of methoxy groups -OCH3 is 1. The number of nitrogens with zero attached hydrogens (tertiary/aromatic N) is 2. The van der Waals surface area contributed by atoms with Crippen molar-refractivity contribution in [2.45, 2.75) is 57.5 Å². The van der Waals surface area contributed by atoms with Gasteiger partial charge in [-0.05, 0) is 78.1 Å². The Hall–Kier alpha value is -4.10. The smallest absolute Gasteiger partial charge is 0.251 e. The van der Waals surface area contributed by atoms with E-state index in [1.165, 1.54) is 12.1 Å². The summed E-state index contributed by atoms with van der Waals surface area (Å²) in [6.45, 7) is 5.40. The first kappa shape index (κ1) is 27.1. The number of carbonyl (C=O) groups is 2. The lowest BCUT2D eigenvalue weighted by atomic mass is 9.84. The molecule has 1 aliphatic carbocycles. The molecule has 2 aliphatic rings. The Bertz CT molecular complexity index is 1670. The lowest BCUT2D eigenvalue weighted by Gasteiger charge is -2.28. The number of carbonyl (C=O) groups excluding carboxylic acids is 2. The molecule has 3 aromatic carbocycles. The molecule has 1 saturated carbocycles. The summed E-state index contributed by atoms with van der Waals surface area (Å²) in [7, 11) is 1.70. The molecule has 7 heteroatoms. The molecule has 1 aromatic heterocycles. The number of halogens is 1. The predicted octanol–water partition coefficient (Wildman–Crippen LogP) is 6.53. The average Bonchev–Trinajstić information content (AvgIpc) is 3.54. The molecule has 0 bridgehead atoms. The highest BCUT2D eigenvalue weighted by molar-refractivity contribution is 6.04. The van der Waals surface area contributed by atoms with Gasteiger partial charge in [0.2, 0.25) is 0 Å². The first-order valence-electron chi connectivity index (χ1n) is 14.1. The van der Waals surface area contributed by atoms with Gasteiger partial charge in [-0.3, -0.25) is 14.6 Å². The van der Waals surface area contributed by atoms with Crippen molar-refractivity contribution in [2.75, 3.05) is 13.7 Å². The monoisotopic (exact) mass is 551 g/mol. The van der Waals surface area contributed by atoms with E-state index in [-0.39, 0.29) is 23.5 Å². The largest absolute Gasteiger partial charge is 0.384 e. The van der Waals surface area contributed by atoms with Crippen LogP contribution in [0, 0.1) is 5.82 Å². The number of ketones is 1. The minimum absolute atomic E-state index is 0.108. The van der Waals surface area contributed by atoms with E-state index in [0.29, 0.717) is 31.6 Å². The molecule has 1 fully saturated rings. The summed E-state index contributed by atoms with van der Waals surface area (Å²) in [6.07, 6.45) is 4.55. The summed E-state index contributed by atoms with van der Waals surface area (Å²) in [6, 6.07) is 18.5. The molecule has 0 spiro atoms. The van der Waals surface area contributed by atoms with Crippen molar-refractivity contribution in [3.05, 3.63) is 88.9 Å². The number of hydrogen-bond acceptors (Lipinski definition) is 4. The van der Waals surface area contributed by atoms with Crippen LogP contribution in [0.15, 0.2) is 65.7 Å². The number of ether oxygens (including phenoxy) is 1. The molecule has 1 unspecified atom stereocenters. The number of rotatable bonds is 7. The van der Waals surface area contributed by atoms with Crippen molar-refractivity contribution >= 4 is 28.8 Å². The lowest BCUT2D eigenvalue weighted by Crippen LogP contribution is -2.38. The Morgan fingerprint density at radius 1 is 1.12 bits per heavy atom. The van der Waals surface area contributed by atoms with E-state index in [0.717, 1.165) is 57.4 Å². The van der Waals surface area contributed by atoms with Crippen molar-refractivity contribution in [2.24, 2.45) is 4.99 Å². The number of aromatic nitrogens is 1. The third-order valence-electron chi connectivity index (χ3n) is 8.20. The minimum atomic E-state index is -0.417. The highest BCUT2D eigenvalue weighted by atomic mass is 19.1. The molecule has 41 heavy (non-hydrogen) atoms. The van der Waals surface area contributed by atoms with E-state index < -0.39 is 5.41 Å². The van der Waals surface area contributed by atoms with E-state index >= 15 is 0 Å². The molecule has 6 nitrogen and oxygen atoms in total. The van der Waals surface area contributed by atoms with Gasteiger partial charge in [0.25, 0.3) is 5.91 Å². The van der Waals surface area contributed by atoms with Gasteiger partial charge < -0.3 is 14.6 Å². The Balaban J connectivity index is 1.50. The SMILES string of the molecule is COCC(C)(C)c1c(-c2ccc(C(=O)NC3CCCC(=O)C3)cc2)c2cc3c(cc2n1-c1ccc(F)cc1)C=NC3. The molecule has 0 saturated heterocycles. The van der Waals surface area contributed by atoms with Crippen LogP contribution in [0.3, 0.4) is 0 Å². The van der Waals surface area contributed by atoms with E-state index in [9.17, 15) is 14.0 Å². The standard InChI is InChI=1S/C34H34FN3O3/c1-34(2,20-41-3)32-31(21-7-9-22(10-8-21)33(40)37-26-5-4-6-28(39)17-26)29-15-23-18-36-19-24(23)16-30(29)38(32)27-13-11-25(35)12-14-27/h7-16,19,26H,4-6,17-18,20H2,1-3H3,(H,37,40). The molecule has 210 valence electrons. The number of fused-ring (bicyclic) bond motifs is 2. The third-order valence-corrected chi connectivity index (χ3v) is 8.20. The second kappa shape index (κ2) is 10.7. The molecule has 0 radical (unpaired) electrons. The zero-order valence-corrected chi connectivity index (χ0v) is 23.7. The zero-order valence-electron chi connectivity index (χ0n) is 23.7. The van der Waals surface area contributed by atoms with Crippen molar-refractivity contribution in [3.63, 3.8) is 0 Å². The van der Waals surface area contributed by atoms with Gasteiger partial charge in [-0.2, -0.15) is 0 Å². The molecule has 1 N–H and O–H groups in total. The summed E-state index contributed by atoms with van der Waals surface area (Å²) >= 11 is 0. The second-order valence-corrected chi connectivity index (χ2v) is 11.8. The number of hydrogen-bond donors (Lipinski definition) is 1. The van der Waals surface area contributed by atoms with Crippen molar-refractivity contribution in [1.82, 2.24) is 9.88 Å². The summed E-state index contributed by atoms with van der Waals surface area (Å²) in [5, 5.41) is 4.11. The number of benzene rings is 3. The lowest BCUT2D eigenvalue weighted by molar-refractivity contribution is -0.120. The third kappa shape index (κ3) is 5.10. The van der Waals surface area contributed by atoms with Gasteiger partial charge in [0.15, 0.2) is 0 Å². The van der Waals surface area contributed by atoms with Crippen molar-refractivity contribution in [3.8, 4) is 16.8 Å². The van der Waals surface area contributed by atoms with Crippen LogP contribution in [0.25, 0.3) is 27.7 Å². The van der Waals surface area contributed by atoms with Gasteiger partial charge in [-0.1, -0.05) is 26.0 Å². The summed E-state index contributed by atoms with van der Waals surface area (Å²) in [5.74, 6) is -0.250. The molecule has 1 aliphatic heterocycles. The quantitative estimate of drug-likeness (QED) is 0.284. The maximum atomic E-state index is 14.0. The number of amides is 1. The Morgan fingerprint density at radius 2 is 1.88 bits per heavy atom. The van der Waals surface area contributed by atoms with Crippen LogP contribution in [-0.4, -0.2) is 42.2 Å². The molecule has 1 atom stereocenters. The van der Waals surface area contributed by atoms with E-state index in [1.807, 2.05) is 30.5 Å². The van der Waals surface area contributed by atoms with Crippen LogP contribution in [0.4, 0.5) is 4.39 Å². The highest BCUT2D eigenvalue weighted by Crippen LogP contribution is 2.44. The molecular weight excluding hydrogens is 517 g/mol. The number of nitrogens with one attached hydrogen (secondary N) is 1. The van der Waals surface area contributed by atoms with Crippen LogP contribution < -0.4 is 5.32 Å². The van der Waals surface area contributed by atoms with Gasteiger partial charge in [0.05, 0.1) is 18.7 Å². The average molecular weight is 552 g/mol. The van der Waals surface area contributed by atoms with Crippen LogP contribution in [0.5, 0.6) is 0 Å². The Morgan fingerprint density at radius 3 is 2.59 bits per heavy atom. The normalized spacial score (nSPS) is 16.8. The van der Waals surface area contributed by atoms with Gasteiger partial charge in [-0.15, -0.1) is 0 Å². The molecule has 6 rings (SSSR count). The first-order valence-corrected chi connectivity index (χ1v) is 14.1. The first-order chi connectivity index (χ1) is 19.7. The maximum Gasteiger partial charge on any atom is 0.251 e. The summed E-state index contributed by atoms with van der Waals surface area (Å²) in [4.78, 5) is 29.4. The van der Waals surface area contributed by atoms with Gasteiger partial charge in [-0.25, -0.2) is 4.39 Å². The fourth-order valence-electron chi connectivity index (χ4n) is 6.32. The van der Waals surface area contributed by atoms with Crippen LogP contribution >= 0.6 is 0 Å². The summed E-state index contributed by atoms with van der Waals surface area (Å²) < 4.78 is 21.9. The zero-order chi connectivity index (χ0) is 28.7. The van der Waals surface area contributed by atoms with E-state index in [1.54, 1.807) is 19.2 Å². The van der Waals surface area contributed by atoms with Crippen LogP contribution in [0.1, 0.15) is 66.7 Å². The fourth-order valence-corrected chi connectivity index (χ4v) is 6.32. The van der Waals surface area contributed by atoms with E-state index in [4.69, 9.17) is 4.74 Å². The minimum Gasteiger partial charge on any atom is -0.384 e. The molecular formula is C34H34FN3O3. The Kier molecular flexibility index (Phi) is 7.08. The number of Topliss-reactive ketones (excluding diaryl/α,β-unsaturated/α-hetero) is 1.